The third-order valence-electron chi connectivity index (χ3n) is 3.48. The van der Waals surface area contributed by atoms with Crippen LogP contribution in [-0.4, -0.2) is 40.4 Å². The van der Waals surface area contributed by atoms with Crippen LogP contribution in [0.15, 0.2) is 24.3 Å². The van der Waals surface area contributed by atoms with E-state index in [1.54, 1.807) is 4.90 Å². The second-order valence-corrected chi connectivity index (χ2v) is 4.89. The summed E-state index contributed by atoms with van der Waals surface area (Å²) in [4.78, 5) is 22.7. The van der Waals surface area contributed by atoms with Gasteiger partial charge in [0.05, 0.1) is 16.7 Å². The standard InChI is InChI=1S/C14H16N4O/c1-9-13(17-12-7-8-18(2)14(12)19)16-11-6-4-3-5-10(11)15-9/h3-6,12H,7-8H2,1-2H3,(H,16,17)/t12-/m1/s1. The number of anilines is 1. The maximum atomic E-state index is 11.9. The average molecular weight is 256 g/mol. The molecule has 2 heterocycles. The van der Waals surface area contributed by atoms with E-state index in [9.17, 15) is 4.79 Å². The van der Waals surface area contributed by atoms with Gasteiger partial charge in [-0.2, -0.15) is 0 Å². The van der Waals surface area contributed by atoms with Crippen molar-refractivity contribution in [3.63, 3.8) is 0 Å². The molecule has 5 heteroatoms. The number of fused-ring (bicyclic) bond motifs is 1. The Labute approximate surface area is 111 Å². The van der Waals surface area contributed by atoms with Gasteiger partial charge in [0.15, 0.2) is 0 Å². The van der Waals surface area contributed by atoms with E-state index >= 15 is 0 Å². The molecule has 1 atom stereocenters. The van der Waals surface area contributed by atoms with Gasteiger partial charge in [0, 0.05) is 13.6 Å². The number of nitrogens with one attached hydrogen (secondary N) is 1. The van der Waals surface area contributed by atoms with Gasteiger partial charge < -0.3 is 10.2 Å². The van der Waals surface area contributed by atoms with Gasteiger partial charge in [0.1, 0.15) is 11.9 Å². The predicted octanol–water partition coefficient (Wildman–Crippen LogP) is 1.58. The highest BCUT2D eigenvalue weighted by molar-refractivity contribution is 5.86. The molecule has 0 radical (unpaired) electrons. The SMILES string of the molecule is Cc1nc2ccccc2nc1N[C@@H]1CCN(C)C1=O. The van der Waals surface area contributed by atoms with Crippen LogP contribution in [0.4, 0.5) is 5.82 Å². The third-order valence-corrected chi connectivity index (χ3v) is 3.48. The van der Waals surface area contributed by atoms with Crippen molar-refractivity contribution in [3.8, 4) is 0 Å². The number of hydrogen-bond acceptors (Lipinski definition) is 4. The number of likely N-dealkylation sites (N-methyl/N-ethyl adjacent to an activating group) is 1. The van der Waals surface area contributed by atoms with Crippen molar-refractivity contribution < 1.29 is 4.79 Å². The highest BCUT2D eigenvalue weighted by atomic mass is 16.2. The van der Waals surface area contributed by atoms with Crippen molar-refractivity contribution in [2.24, 2.45) is 0 Å². The van der Waals surface area contributed by atoms with Crippen molar-refractivity contribution in [2.75, 3.05) is 18.9 Å². The average Bonchev–Trinajstić information content (AvgIpc) is 2.71. The number of benzene rings is 1. The second kappa shape index (κ2) is 4.50. The Hall–Kier alpha value is -2.17. The van der Waals surface area contributed by atoms with Crippen LogP contribution < -0.4 is 5.32 Å². The summed E-state index contributed by atoms with van der Waals surface area (Å²) in [6, 6.07) is 7.56. The lowest BCUT2D eigenvalue weighted by Gasteiger charge is -2.14. The number of rotatable bonds is 2. The molecule has 98 valence electrons. The molecule has 1 saturated heterocycles. The molecule has 1 aliphatic rings. The highest BCUT2D eigenvalue weighted by Gasteiger charge is 2.29. The summed E-state index contributed by atoms with van der Waals surface area (Å²) in [6.07, 6.45) is 0.809. The fourth-order valence-corrected chi connectivity index (χ4v) is 2.35. The van der Waals surface area contributed by atoms with Gasteiger partial charge in [-0.05, 0) is 25.5 Å². The van der Waals surface area contributed by atoms with Crippen LogP contribution in [0, 0.1) is 6.92 Å². The minimum Gasteiger partial charge on any atom is -0.357 e. The van der Waals surface area contributed by atoms with Crippen LogP contribution in [0.3, 0.4) is 0 Å². The maximum absolute atomic E-state index is 11.9. The van der Waals surface area contributed by atoms with E-state index in [1.807, 2.05) is 38.2 Å². The zero-order valence-electron chi connectivity index (χ0n) is 11.1. The first-order valence-electron chi connectivity index (χ1n) is 6.40. The summed E-state index contributed by atoms with van der Waals surface area (Å²) < 4.78 is 0. The first kappa shape index (κ1) is 11.9. The quantitative estimate of drug-likeness (QED) is 0.886. The van der Waals surface area contributed by atoms with Gasteiger partial charge in [-0.15, -0.1) is 0 Å². The first-order valence-corrected chi connectivity index (χ1v) is 6.40. The van der Waals surface area contributed by atoms with E-state index < -0.39 is 0 Å². The lowest BCUT2D eigenvalue weighted by atomic mass is 10.2. The van der Waals surface area contributed by atoms with E-state index in [0.29, 0.717) is 5.82 Å². The molecule has 0 unspecified atom stereocenters. The van der Waals surface area contributed by atoms with Crippen LogP contribution in [0.2, 0.25) is 0 Å². The Bertz CT molecular complexity index is 640. The van der Waals surface area contributed by atoms with Gasteiger partial charge in [-0.1, -0.05) is 12.1 Å². The zero-order chi connectivity index (χ0) is 13.4. The maximum Gasteiger partial charge on any atom is 0.244 e. The number of likely N-dealkylation sites (tertiary alicyclic amines) is 1. The largest absolute Gasteiger partial charge is 0.357 e. The molecule has 1 aliphatic heterocycles. The number of hydrogen-bond donors (Lipinski definition) is 1. The summed E-state index contributed by atoms with van der Waals surface area (Å²) >= 11 is 0. The second-order valence-electron chi connectivity index (χ2n) is 4.89. The van der Waals surface area contributed by atoms with Crippen molar-refractivity contribution in [1.29, 1.82) is 0 Å². The Balaban J connectivity index is 1.92. The lowest BCUT2D eigenvalue weighted by Crippen LogP contribution is -2.31. The number of para-hydroxylation sites is 2. The molecule has 2 aromatic rings. The molecule has 0 bridgehead atoms. The molecule has 1 aromatic heterocycles. The van der Waals surface area contributed by atoms with E-state index in [1.165, 1.54) is 0 Å². The highest BCUT2D eigenvalue weighted by Crippen LogP contribution is 2.19. The number of aryl methyl sites for hydroxylation is 1. The van der Waals surface area contributed by atoms with E-state index in [2.05, 4.69) is 15.3 Å². The van der Waals surface area contributed by atoms with Gasteiger partial charge in [-0.25, -0.2) is 9.97 Å². The van der Waals surface area contributed by atoms with Gasteiger partial charge in [-0.3, -0.25) is 4.79 Å². The molecule has 1 fully saturated rings. The Morgan fingerprint density at radius 2 is 1.95 bits per heavy atom. The number of carbonyl (C=O) groups excluding carboxylic acids is 1. The van der Waals surface area contributed by atoms with Crippen LogP contribution >= 0.6 is 0 Å². The number of aromatic nitrogens is 2. The fourth-order valence-electron chi connectivity index (χ4n) is 2.35. The number of carbonyl (C=O) groups is 1. The third kappa shape index (κ3) is 2.12. The Morgan fingerprint density at radius 3 is 2.58 bits per heavy atom. The molecule has 1 amide bonds. The first-order chi connectivity index (χ1) is 9.15. The molecule has 0 spiro atoms. The zero-order valence-corrected chi connectivity index (χ0v) is 11.1. The Kier molecular flexibility index (Phi) is 2.81. The van der Waals surface area contributed by atoms with Crippen molar-refractivity contribution >= 4 is 22.8 Å². The predicted molar refractivity (Wildman–Crippen MR) is 73.9 cm³/mol. The molecule has 5 nitrogen and oxygen atoms in total. The molecular weight excluding hydrogens is 240 g/mol. The minimum absolute atomic E-state index is 0.120. The van der Waals surface area contributed by atoms with Crippen molar-refractivity contribution in [1.82, 2.24) is 14.9 Å². The summed E-state index contributed by atoms with van der Waals surface area (Å²) in [5, 5.41) is 3.22. The number of nitrogens with zero attached hydrogens (tertiary/aromatic N) is 3. The fraction of sp³-hybridized carbons (Fsp3) is 0.357. The molecule has 0 saturated carbocycles. The van der Waals surface area contributed by atoms with Gasteiger partial charge >= 0.3 is 0 Å². The number of amides is 1. The lowest BCUT2D eigenvalue weighted by molar-refractivity contribution is -0.127. The molecule has 1 N–H and O–H groups in total. The topological polar surface area (TPSA) is 58.1 Å². The molecule has 0 aliphatic carbocycles. The van der Waals surface area contributed by atoms with Crippen LogP contribution in [-0.2, 0) is 4.79 Å². The van der Waals surface area contributed by atoms with Crippen molar-refractivity contribution in [3.05, 3.63) is 30.0 Å². The summed E-state index contributed by atoms with van der Waals surface area (Å²) in [6.45, 7) is 2.70. The van der Waals surface area contributed by atoms with E-state index in [4.69, 9.17) is 0 Å². The van der Waals surface area contributed by atoms with Gasteiger partial charge in [0.2, 0.25) is 5.91 Å². The van der Waals surface area contributed by atoms with Crippen LogP contribution in [0.1, 0.15) is 12.1 Å². The summed E-state index contributed by atoms with van der Waals surface area (Å²) in [7, 11) is 1.82. The molecule has 19 heavy (non-hydrogen) atoms. The van der Waals surface area contributed by atoms with Crippen molar-refractivity contribution in [2.45, 2.75) is 19.4 Å². The summed E-state index contributed by atoms with van der Waals surface area (Å²) in [5.74, 6) is 0.821. The van der Waals surface area contributed by atoms with Crippen LogP contribution in [0.25, 0.3) is 11.0 Å². The minimum atomic E-state index is -0.181. The van der Waals surface area contributed by atoms with E-state index in [-0.39, 0.29) is 11.9 Å². The normalized spacial score (nSPS) is 19.2. The molecule has 1 aromatic carbocycles. The molecule has 3 rings (SSSR count). The smallest absolute Gasteiger partial charge is 0.244 e. The van der Waals surface area contributed by atoms with Crippen LogP contribution in [0.5, 0.6) is 0 Å². The Morgan fingerprint density at radius 1 is 1.26 bits per heavy atom. The summed E-state index contributed by atoms with van der Waals surface area (Å²) in [5.41, 5.74) is 2.54. The van der Waals surface area contributed by atoms with Gasteiger partial charge in [0.25, 0.3) is 0 Å². The molecular formula is C14H16N4O. The monoisotopic (exact) mass is 256 g/mol. The van der Waals surface area contributed by atoms with E-state index in [0.717, 1.165) is 29.7 Å².